The number of hydrogen-bond donors (Lipinski definition) is 1. The standard InChI is InChI=1S/C22H25N3O2/c1-15(25(3)18-8-6-5-7-9-18)14-23-22(26)20-13-17-12-19(27-4)10-11-21(17)24-16(20)2/h5-13,15H,14H2,1-4H3,(H,23,26)/t15-/m1/s1. The maximum absolute atomic E-state index is 12.7. The lowest BCUT2D eigenvalue weighted by atomic mass is 10.1. The fraction of sp³-hybridized carbons (Fsp3) is 0.273. The van der Waals surface area contributed by atoms with E-state index >= 15 is 0 Å². The van der Waals surface area contributed by atoms with E-state index in [1.54, 1.807) is 7.11 Å². The number of fused-ring (bicyclic) bond motifs is 1. The third-order valence-electron chi connectivity index (χ3n) is 4.84. The predicted octanol–water partition coefficient (Wildman–Crippen LogP) is 3.81. The van der Waals surface area contributed by atoms with Gasteiger partial charge in [-0.2, -0.15) is 0 Å². The number of likely N-dealkylation sites (N-methyl/N-ethyl adjacent to an activating group) is 1. The fourth-order valence-electron chi connectivity index (χ4n) is 3.00. The van der Waals surface area contributed by atoms with Gasteiger partial charge >= 0.3 is 0 Å². The van der Waals surface area contributed by atoms with Gasteiger partial charge in [-0.1, -0.05) is 18.2 Å². The summed E-state index contributed by atoms with van der Waals surface area (Å²) in [4.78, 5) is 19.4. The maximum atomic E-state index is 12.7. The number of carbonyl (C=O) groups excluding carboxylic acids is 1. The molecule has 3 aromatic rings. The largest absolute Gasteiger partial charge is 0.497 e. The van der Waals surface area contributed by atoms with Gasteiger partial charge in [-0.05, 0) is 50.2 Å². The van der Waals surface area contributed by atoms with Crippen LogP contribution in [0.4, 0.5) is 5.69 Å². The fourth-order valence-corrected chi connectivity index (χ4v) is 3.00. The maximum Gasteiger partial charge on any atom is 0.253 e. The Hall–Kier alpha value is -3.08. The zero-order valence-electron chi connectivity index (χ0n) is 16.2. The van der Waals surface area contributed by atoms with Gasteiger partial charge in [-0.25, -0.2) is 0 Å². The van der Waals surface area contributed by atoms with Crippen molar-refractivity contribution in [2.24, 2.45) is 0 Å². The van der Waals surface area contributed by atoms with Crippen LogP contribution in [0, 0.1) is 6.92 Å². The number of aromatic nitrogens is 1. The first-order chi connectivity index (χ1) is 13.0. The molecule has 0 saturated heterocycles. The lowest BCUT2D eigenvalue weighted by Crippen LogP contribution is -2.40. The van der Waals surface area contributed by atoms with Gasteiger partial charge in [0.15, 0.2) is 0 Å². The zero-order chi connectivity index (χ0) is 19.4. The molecule has 1 N–H and O–H groups in total. The van der Waals surface area contributed by atoms with Crippen LogP contribution in [0.25, 0.3) is 10.9 Å². The second kappa shape index (κ2) is 8.08. The third kappa shape index (κ3) is 4.19. The van der Waals surface area contributed by atoms with Crippen molar-refractivity contribution in [2.45, 2.75) is 19.9 Å². The molecule has 2 aromatic carbocycles. The summed E-state index contributed by atoms with van der Waals surface area (Å²) in [5.41, 5.74) is 3.27. The summed E-state index contributed by atoms with van der Waals surface area (Å²) in [7, 11) is 3.66. The molecular formula is C22H25N3O2. The van der Waals surface area contributed by atoms with Crippen LogP contribution in [0.3, 0.4) is 0 Å². The van der Waals surface area contributed by atoms with Crippen LogP contribution in [0.5, 0.6) is 5.75 Å². The average molecular weight is 363 g/mol. The van der Waals surface area contributed by atoms with Crippen LogP contribution < -0.4 is 15.0 Å². The molecule has 1 amide bonds. The topological polar surface area (TPSA) is 54.5 Å². The number of aryl methyl sites for hydroxylation is 1. The third-order valence-corrected chi connectivity index (χ3v) is 4.84. The highest BCUT2D eigenvalue weighted by Gasteiger charge is 2.15. The number of benzene rings is 2. The first-order valence-electron chi connectivity index (χ1n) is 9.01. The Morgan fingerprint density at radius 2 is 1.93 bits per heavy atom. The smallest absolute Gasteiger partial charge is 0.253 e. The molecule has 0 unspecified atom stereocenters. The molecule has 3 rings (SSSR count). The number of methoxy groups -OCH3 is 1. The summed E-state index contributed by atoms with van der Waals surface area (Å²) >= 11 is 0. The molecule has 0 aliphatic heterocycles. The van der Waals surface area contributed by atoms with E-state index in [2.05, 4.69) is 34.3 Å². The Morgan fingerprint density at radius 3 is 2.63 bits per heavy atom. The minimum absolute atomic E-state index is 0.113. The predicted molar refractivity (Wildman–Crippen MR) is 110 cm³/mol. The first kappa shape index (κ1) is 18.7. The molecule has 0 aliphatic carbocycles. The van der Waals surface area contributed by atoms with Crippen LogP contribution in [0.2, 0.25) is 0 Å². The second-order valence-corrected chi connectivity index (χ2v) is 6.69. The summed E-state index contributed by atoms with van der Waals surface area (Å²) in [6.45, 7) is 4.49. The Balaban J connectivity index is 1.73. The summed E-state index contributed by atoms with van der Waals surface area (Å²) in [6.07, 6.45) is 0. The Morgan fingerprint density at radius 1 is 1.19 bits per heavy atom. The quantitative estimate of drug-likeness (QED) is 0.724. The van der Waals surface area contributed by atoms with Crippen LogP contribution in [-0.2, 0) is 0 Å². The molecule has 27 heavy (non-hydrogen) atoms. The number of anilines is 1. The number of amides is 1. The van der Waals surface area contributed by atoms with E-state index < -0.39 is 0 Å². The van der Waals surface area contributed by atoms with Gasteiger partial charge in [-0.3, -0.25) is 9.78 Å². The molecule has 5 nitrogen and oxygen atoms in total. The summed E-state index contributed by atoms with van der Waals surface area (Å²) in [6, 6.07) is 17.8. The molecule has 140 valence electrons. The Kier molecular flexibility index (Phi) is 5.60. The molecule has 1 atom stereocenters. The van der Waals surface area contributed by atoms with Crippen molar-refractivity contribution in [1.82, 2.24) is 10.3 Å². The van der Waals surface area contributed by atoms with E-state index in [0.717, 1.165) is 22.3 Å². The first-order valence-corrected chi connectivity index (χ1v) is 9.01. The highest BCUT2D eigenvalue weighted by molar-refractivity contribution is 5.98. The van der Waals surface area contributed by atoms with Crippen LogP contribution in [0.1, 0.15) is 23.0 Å². The second-order valence-electron chi connectivity index (χ2n) is 6.69. The molecule has 0 radical (unpaired) electrons. The number of nitrogens with one attached hydrogen (secondary N) is 1. The molecule has 0 spiro atoms. The number of ether oxygens (including phenoxy) is 1. The molecule has 0 aliphatic rings. The highest BCUT2D eigenvalue weighted by Crippen LogP contribution is 2.22. The van der Waals surface area contributed by atoms with Crippen molar-refractivity contribution < 1.29 is 9.53 Å². The highest BCUT2D eigenvalue weighted by atomic mass is 16.5. The van der Waals surface area contributed by atoms with Gasteiger partial charge in [-0.15, -0.1) is 0 Å². The summed E-state index contributed by atoms with van der Waals surface area (Å²) in [5.74, 6) is 0.635. The number of nitrogens with zero attached hydrogens (tertiary/aromatic N) is 2. The van der Waals surface area contributed by atoms with Crippen molar-refractivity contribution in [3.05, 3.63) is 65.9 Å². The number of carbonyl (C=O) groups is 1. The summed E-state index contributed by atoms with van der Waals surface area (Å²) in [5, 5.41) is 3.92. The number of hydrogen-bond acceptors (Lipinski definition) is 4. The average Bonchev–Trinajstić information content (AvgIpc) is 2.70. The number of rotatable bonds is 6. The van der Waals surface area contributed by atoms with E-state index in [4.69, 9.17) is 4.74 Å². The van der Waals surface area contributed by atoms with Crippen LogP contribution in [0.15, 0.2) is 54.6 Å². The Labute approximate surface area is 160 Å². The molecule has 0 saturated carbocycles. The van der Waals surface area contributed by atoms with Gasteiger partial charge in [0.2, 0.25) is 0 Å². The van der Waals surface area contributed by atoms with E-state index in [9.17, 15) is 4.79 Å². The molecule has 1 aromatic heterocycles. The minimum atomic E-state index is -0.113. The van der Waals surface area contributed by atoms with Gasteiger partial charge in [0.25, 0.3) is 5.91 Å². The van der Waals surface area contributed by atoms with Gasteiger partial charge in [0, 0.05) is 30.7 Å². The van der Waals surface area contributed by atoms with E-state index in [1.807, 2.05) is 56.4 Å². The Bertz CT molecular complexity index is 941. The van der Waals surface area contributed by atoms with Crippen molar-refractivity contribution in [3.8, 4) is 5.75 Å². The van der Waals surface area contributed by atoms with E-state index in [1.165, 1.54) is 0 Å². The van der Waals surface area contributed by atoms with Gasteiger partial charge in [0.05, 0.1) is 23.9 Å². The van der Waals surface area contributed by atoms with Crippen LogP contribution >= 0.6 is 0 Å². The molecule has 1 heterocycles. The van der Waals surface area contributed by atoms with Crippen LogP contribution in [-0.4, -0.2) is 37.6 Å². The van der Waals surface area contributed by atoms with E-state index in [0.29, 0.717) is 17.8 Å². The lowest BCUT2D eigenvalue weighted by molar-refractivity contribution is 0.0951. The molecule has 5 heteroatoms. The number of para-hydroxylation sites is 1. The van der Waals surface area contributed by atoms with Crippen molar-refractivity contribution in [1.29, 1.82) is 0 Å². The SMILES string of the molecule is COc1ccc2nc(C)c(C(=O)NC[C@@H](C)N(C)c3ccccc3)cc2c1. The molecular weight excluding hydrogens is 338 g/mol. The minimum Gasteiger partial charge on any atom is -0.497 e. The lowest BCUT2D eigenvalue weighted by Gasteiger charge is -2.27. The van der Waals surface area contributed by atoms with Crippen molar-refractivity contribution >= 4 is 22.5 Å². The van der Waals surface area contributed by atoms with E-state index in [-0.39, 0.29) is 11.9 Å². The van der Waals surface area contributed by atoms with Gasteiger partial charge in [0.1, 0.15) is 5.75 Å². The normalized spacial score (nSPS) is 11.9. The van der Waals surface area contributed by atoms with Crippen molar-refractivity contribution in [2.75, 3.05) is 25.6 Å². The zero-order valence-corrected chi connectivity index (χ0v) is 16.2. The summed E-state index contributed by atoms with van der Waals surface area (Å²) < 4.78 is 5.27. The number of pyridine rings is 1. The van der Waals surface area contributed by atoms with Gasteiger partial charge < -0.3 is 15.0 Å². The monoisotopic (exact) mass is 363 g/mol. The molecule has 0 fully saturated rings. The molecule has 0 bridgehead atoms. The van der Waals surface area contributed by atoms with Crippen molar-refractivity contribution in [3.63, 3.8) is 0 Å².